The first-order valence-corrected chi connectivity index (χ1v) is 6.29. The summed E-state index contributed by atoms with van der Waals surface area (Å²) in [5.41, 5.74) is 4.89. The summed E-state index contributed by atoms with van der Waals surface area (Å²) in [5, 5.41) is 3.55. The lowest BCUT2D eigenvalue weighted by molar-refractivity contribution is 0.286. The molecule has 1 unspecified atom stereocenters. The van der Waals surface area contributed by atoms with Gasteiger partial charge in [-0.05, 0) is 37.1 Å². The van der Waals surface area contributed by atoms with Crippen molar-refractivity contribution in [3.05, 3.63) is 59.2 Å². The Kier molecular flexibility index (Phi) is 2.71. The summed E-state index contributed by atoms with van der Waals surface area (Å²) >= 11 is 0. The summed E-state index contributed by atoms with van der Waals surface area (Å²) in [7, 11) is 0. The average Bonchev–Trinajstić information content (AvgIpc) is 2.38. The fraction of sp³-hybridized carbons (Fsp3) is 0.250. The van der Waals surface area contributed by atoms with Crippen LogP contribution in [0.3, 0.4) is 0 Å². The molecule has 18 heavy (non-hydrogen) atoms. The van der Waals surface area contributed by atoms with Crippen molar-refractivity contribution in [2.75, 3.05) is 11.9 Å². The van der Waals surface area contributed by atoms with Gasteiger partial charge in [-0.1, -0.05) is 35.9 Å². The van der Waals surface area contributed by atoms with E-state index in [9.17, 15) is 0 Å². The molecule has 1 aliphatic rings. The smallest absolute Gasteiger partial charge is 0.142 e. The highest BCUT2D eigenvalue weighted by atomic mass is 16.5. The van der Waals surface area contributed by atoms with Crippen LogP contribution in [0.5, 0.6) is 5.75 Å². The molecule has 2 aromatic rings. The van der Waals surface area contributed by atoms with Crippen molar-refractivity contribution in [3.8, 4) is 5.75 Å². The molecule has 2 nitrogen and oxygen atoms in total. The molecule has 3 rings (SSSR count). The molecule has 0 saturated carbocycles. The minimum atomic E-state index is 0.236. The minimum absolute atomic E-state index is 0.236. The maximum Gasteiger partial charge on any atom is 0.142 e. The quantitative estimate of drug-likeness (QED) is 0.816. The Hall–Kier alpha value is -1.96. The predicted molar refractivity (Wildman–Crippen MR) is 74.2 cm³/mol. The summed E-state index contributed by atoms with van der Waals surface area (Å²) in [5.74, 6) is 0.948. The SMILES string of the molecule is Cc1ccc(C2COc3ccc(C)cc3N2)cc1. The molecule has 2 aromatic carbocycles. The Morgan fingerprint density at radius 1 is 1.00 bits per heavy atom. The van der Waals surface area contributed by atoms with E-state index < -0.39 is 0 Å². The van der Waals surface area contributed by atoms with Gasteiger partial charge >= 0.3 is 0 Å². The van der Waals surface area contributed by atoms with Crippen LogP contribution >= 0.6 is 0 Å². The van der Waals surface area contributed by atoms with Gasteiger partial charge in [0, 0.05) is 0 Å². The molecule has 0 aromatic heterocycles. The topological polar surface area (TPSA) is 21.3 Å². The zero-order valence-electron chi connectivity index (χ0n) is 10.7. The van der Waals surface area contributed by atoms with Crippen LogP contribution in [-0.4, -0.2) is 6.61 Å². The molecule has 0 radical (unpaired) electrons. The fourth-order valence-corrected chi connectivity index (χ4v) is 2.26. The first-order valence-electron chi connectivity index (χ1n) is 6.29. The van der Waals surface area contributed by atoms with Crippen LogP contribution < -0.4 is 10.1 Å². The Balaban J connectivity index is 1.88. The van der Waals surface area contributed by atoms with Crippen molar-refractivity contribution in [1.82, 2.24) is 0 Å². The highest BCUT2D eigenvalue weighted by molar-refractivity contribution is 5.60. The molecule has 0 spiro atoms. The van der Waals surface area contributed by atoms with Gasteiger partial charge in [-0.25, -0.2) is 0 Å². The van der Waals surface area contributed by atoms with Crippen LogP contribution in [0.2, 0.25) is 0 Å². The Morgan fingerprint density at radius 3 is 2.50 bits per heavy atom. The molecule has 0 bridgehead atoms. The molecule has 0 saturated heterocycles. The van der Waals surface area contributed by atoms with E-state index in [1.807, 2.05) is 6.07 Å². The van der Waals surface area contributed by atoms with Crippen LogP contribution in [-0.2, 0) is 0 Å². The Bertz CT molecular complexity index is 560. The van der Waals surface area contributed by atoms with Crippen LogP contribution in [0.15, 0.2) is 42.5 Å². The second-order valence-corrected chi connectivity index (χ2v) is 4.92. The number of anilines is 1. The second-order valence-electron chi connectivity index (χ2n) is 4.92. The van der Waals surface area contributed by atoms with Gasteiger partial charge in [-0.3, -0.25) is 0 Å². The molecule has 0 amide bonds. The third-order valence-electron chi connectivity index (χ3n) is 3.35. The van der Waals surface area contributed by atoms with Crippen LogP contribution in [0.25, 0.3) is 0 Å². The third kappa shape index (κ3) is 2.06. The summed E-state index contributed by atoms with van der Waals surface area (Å²) in [4.78, 5) is 0. The van der Waals surface area contributed by atoms with Crippen molar-refractivity contribution in [2.24, 2.45) is 0 Å². The van der Waals surface area contributed by atoms with Crippen LogP contribution in [0.4, 0.5) is 5.69 Å². The van der Waals surface area contributed by atoms with E-state index in [4.69, 9.17) is 4.74 Å². The first-order chi connectivity index (χ1) is 8.72. The van der Waals surface area contributed by atoms with E-state index in [0.717, 1.165) is 11.4 Å². The Labute approximate surface area is 108 Å². The van der Waals surface area contributed by atoms with Crippen molar-refractivity contribution < 1.29 is 4.74 Å². The summed E-state index contributed by atoms with van der Waals surface area (Å²) in [6, 6.07) is 15.1. The average molecular weight is 239 g/mol. The number of fused-ring (bicyclic) bond motifs is 1. The number of benzene rings is 2. The number of hydrogen-bond donors (Lipinski definition) is 1. The molecule has 1 atom stereocenters. The van der Waals surface area contributed by atoms with Gasteiger partial charge in [0.05, 0.1) is 11.7 Å². The van der Waals surface area contributed by atoms with Gasteiger partial charge in [-0.2, -0.15) is 0 Å². The monoisotopic (exact) mass is 239 g/mol. The zero-order chi connectivity index (χ0) is 12.5. The number of hydrogen-bond acceptors (Lipinski definition) is 2. The standard InChI is InChI=1S/C16H17NO/c1-11-3-6-13(7-4-11)15-10-18-16-8-5-12(2)9-14(16)17-15/h3-9,15,17H,10H2,1-2H3. The van der Waals surface area contributed by atoms with Gasteiger partial charge in [0.2, 0.25) is 0 Å². The van der Waals surface area contributed by atoms with Gasteiger partial charge in [0.15, 0.2) is 0 Å². The fourth-order valence-electron chi connectivity index (χ4n) is 2.26. The number of ether oxygens (including phenoxy) is 1. The van der Waals surface area contributed by atoms with E-state index in [1.54, 1.807) is 0 Å². The molecular weight excluding hydrogens is 222 g/mol. The summed E-state index contributed by atoms with van der Waals surface area (Å²) in [6.45, 7) is 4.88. The number of rotatable bonds is 1. The molecule has 0 fully saturated rings. The van der Waals surface area contributed by atoms with Gasteiger partial charge in [-0.15, -0.1) is 0 Å². The van der Waals surface area contributed by atoms with E-state index >= 15 is 0 Å². The molecule has 92 valence electrons. The largest absolute Gasteiger partial charge is 0.489 e. The van der Waals surface area contributed by atoms with E-state index in [-0.39, 0.29) is 6.04 Å². The molecular formula is C16H17NO. The maximum atomic E-state index is 5.81. The number of nitrogens with one attached hydrogen (secondary N) is 1. The van der Waals surface area contributed by atoms with Crippen LogP contribution in [0.1, 0.15) is 22.7 Å². The minimum Gasteiger partial charge on any atom is -0.489 e. The van der Waals surface area contributed by atoms with Crippen molar-refractivity contribution in [2.45, 2.75) is 19.9 Å². The van der Waals surface area contributed by atoms with Gasteiger partial charge in [0.25, 0.3) is 0 Å². The molecule has 1 heterocycles. The third-order valence-corrected chi connectivity index (χ3v) is 3.35. The van der Waals surface area contributed by atoms with Crippen molar-refractivity contribution in [1.29, 1.82) is 0 Å². The van der Waals surface area contributed by atoms with E-state index in [0.29, 0.717) is 6.61 Å². The van der Waals surface area contributed by atoms with Crippen molar-refractivity contribution in [3.63, 3.8) is 0 Å². The normalized spacial score (nSPS) is 17.6. The molecule has 2 heteroatoms. The zero-order valence-corrected chi connectivity index (χ0v) is 10.7. The lowest BCUT2D eigenvalue weighted by Gasteiger charge is -2.28. The highest BCUT2D eigenvalue weighted by Crippen LogP contribution is 2.34. The van der Waals surface area contributed by atoms with Crippen LogP contribution in [0, 0.1) is 13.8 Å². The molecule has 1 N–H and O–H groups in total. The van der Waals surface area contributed by atoms with E-state index in [2.05, 4.69) is 55.6 Å². The second kappa shape index (κ2) is 4.37. The number of aryl methyl sites for hydroxylation is 2. The first kappa shape index (κ1) is 11.1. The van der Waals surface area contributed by atoms with Crippen molar-refractivity contribution >= 4 is 5.69 Å². The van der Waals surface area contributed by atoms with Gasteiger partial charge < -0.3 is 10.1 Å². The lowest BCUT2D eigenvalue weighted by atomic mass is 10.0. The maximum absolute atomic E-state index is 5.81. The molecule has 1 aliphatic heterocycles. The predicted octanol–water partition coefficient (Wildman–Crippen LogP) is 3.85. The summed E-state index contributed by atoms with van der Waals surface area (Å²) < 4.78 is 5.81. The molecule has 0 aliphatic carbocycles. The summed E-state index contributed by atoms with van der Waals surface area (Å²) in [6.07, 6.45) is 0. The highest BCUT2D eigenvalue weighted by Gasteiger charge is 2.19. The Morgan fingerprint density at radius 2 is 1.72 bits per heavy atom. The lowest BCUT2D eigenvalue weighted by Crippen LogP contribution is -2.23. The van der Waals surface area contributed by atoms with Gasteiger partial charge in [0.1, 0.15) is 12.4 Å². The van der Waals surface area contributed by atoms with E-state index in [1.165, 1.54) is 16.7 Å².